The minimum atomic E-state index is -0.973. The molecule has 2 N–H and O–H groups in total. The molecule has 0 spiro atoms. The van der Waals surface area contributed by atoms with Crippen molar-refractivity contribution < 1.29 is 14.6 Å². The average Bonchev–Trinajstić information content (AvgIpc) is 2.47. The van der Waals surface area contributed by atoms with Crippen LogP contribution in [-0.2, 0) is 0 Å². The van der Waals surface area contributed by atoms with E-state index in [0.29, 0.717) is 18.4 Å². The topological polar surface area (TPSA) is 87.6 Å². The Labute approximate surface area is 131 Å². The van der Waals surface area contributed by atoms with Gasteiger partial charge in [0.05, 0.1) is 17.8 Å². The number of hydrogen-bond donors (Lipinski definition) is 2. The summed E-state index contributed by atoms with van der Waals surface area (Å²) in [6.45, 7) is 4.16. The van der Waals surface area contributed by atoms with Crippen molar-refractivity contribution in [1.29, 1.82) is 0 Å². The normalized spacial score (nSPS) is 17.4. The van der Waals surface area contributed by atoms with Crippen LogP contribution < -0.4 is 15.0 Å². The van der Waals surface area contributed by atoms with Crippen LogP contribution in [0.15, 0.2) is 10.7 Å². The van der Waals surface area contributed by atoms with Gasteiger partial charge in [-0.25, -0.2) is 9.78 Å². The molecule has 2 heterocycles. The molecule has 0 aromatic carbocycles. The lowest BCUT2D eigenvalue weighted by Gasteiger charge is -2.39. The van der Waals surface area contributed by atoms with Gasteiger partial charge in [-0.05, 0) is 34.2 Å². The fourth-order valence-electron chi connectivity index (χ4n) is 2.35. The number of nitrogens with one attached hydrogen (secondary N) is 1. The zero-order valence-electron chi connectivity index (χ0n) is 12.1. The second-order valence-electron chi connectivity index (χ2n) is 5.48. The van der Waals surface area contributed by atoms with Gasteiger partial charge in [0.1, 0.15) is 0 Å². The van der Waals surface area contributed by atoms with Crippen LogP contribution in [0.4, 0.5) is 10.7 Å². The predicted octanol–water partition coefficient (Wildman–Crippen LogP) is 2.12. The maximum atomic E-state index is 10.6. The Balaban J connectivity index is 1.99. The molecule has 0 aliphatic carbocycles. The summed E-state index contributed by atoms with van der Waals surface area (Å²) in [5.41, 5.74) is -0.0195. The molecular weight excluding hydrogens is 340 g/mol. The molecule has 8 heteroatoms. The lowest BCUT2D eigenvalue weighted by Crippen LogP contribution is -2.45. The molecule has 7 nitrogen and oxygen atoms in total. The van der Waals surface area contributed by atoms with Crippen LogP contribution in [0.1, 0.15) is 19.8 Å². The molecule has 0 unspecified atom stereocenters. The number of nitrogens with zero attached hydrogens (tertiary/aromatic N) is 3. The predicted molar refractivity (Wildman–Crippen MR) is 81.9 cm³/mol. The standard InChI is InChI=1S/C13H19BrN4O3/c1-13(8-16-12(19)20)3-5-18(6-4-13)11-15-7-9(14)10(17-11)21-2/h7,16H,3-6,8H2,1-2H3,(H,19,20). The maximum absolute atomic E-state index is 10.6. The number of anilines is 1. The Morgan fingerprint density at radius 2 is 2.24 bits per heavy atom. The van der Waals surface area contributed by atoms with Gasteiger partial charge in [-0.1, -0.05) is 6.92 Å². The summed E-state index contributed by atoms with van der Waals surface area (Å²) in [6.07, 6.45) is 2.48. The quantitative estimate of drug-likeness (QED) is 0.856. The summed E-state index contributed by atoms with van der Waals surface area (Å²) in [5.74, 6) is 1.16. The molecule has 1 aromatic rings. The van der Waals surface area contributed by atoms with Gasteiger partial charge in [0.25, 0.3) is 0 Å². The Morgan fingerprint density at radius 3 is 2.81 bits per heavy atom. The van der Waals surface area contributed by atoms with Gasteiger partial charge in [0.15, 0.2) is 0 Å². The zero-order chi connectivity index (χ0) is 15.5. The third kappa shape index (κ3) is 3.96. The second-order valence-corrected chi connectivity index (χ2v) is 6.34. The highest BCUT2D eigenvalue weighted by atomic mass is 79.9. The summed E-state index contributed by atoms with van der Waals surface area (Å²) in [6, 6.07) is 0. The molecule has 0 atom stereocenters. The van der Waals surface area contributed by atoms with Crippen LogP contribution in [0.5, 0.6) is 5.88 Å². The highest BCUT2D eigenvalue weighted by Gasteiger charge is 2.31. The molecule has 116 valence electrons. The minimum absolute atomic E-state index is 0.0195. The summed E-state index contributed by atoms with van der Waals surface area (Å²) < 4.78 is 5.91. The molecule has 2 rings (SSSR count). The van der Waals surface area contributed by atoms with Crippen LogP contribution in [-0.4, -0.2) is 47.9 Å². The summed E-state index contributed by atoms with van der Waals surface area (Å²) >= 11 is 3.33. The number of methoxy groups -OCH3 is 1. The van der Waals surface area contributed by atoms with E-state index in [9.17, 15) is 4.79 Å². The van der Waals surface area contributed by atoms with Crippen molar-refractivity contribution in [3.05, 3.63) is 10.7 Å². The van der Waals surface area contributed by atoms with Gasteiger partial charge >= 0.3 is 6.09 Å². The van der Waals surface area contributed by atoms with E-state index in [1.54, 1.807) is 13.3 Å². The fourth-order valence-corrected chi connectivity index (χ4v) is 2.70. The largest absolute Gasteiger partial charge is 0.480 e. The van der Waals surface area contributed by atoms with Crippen molar-refractivity contribution in [3.63, 3.8) is 0 Å². The van der Waals surface area contributed by atoms with Gasteiger partial charge in [-0.15, -0.1) is 0 Å². The number of carboxylic acid groups (broad SMARTS) is 1. The highest BCUT2D eigenvalue weighted by Crippen LogP contribution is 2.32. The van der Waals surface area contributed by atoms with Crippen molar-refractivity contribution in [2.24, 2.45) is 5.41 Å². The Bertz CT molecular complexity index is 518. The molecule has 1 saturated heterocycles. The number of hydrogen-bond acceptors (Lipinski definition) is 5. The van der Waals surface area contributed by atoms with Crippen molar-refractivity contribution in [2.75, 3.05) is 31.6 Å². The molecule has 1 amide bonds. The Kier molecular flexibility index (Phi) is 4.87. The molecule has 1 fully saturated rings. The molecule has 1 aliphatic rings. The van der Waals surface area contributed by atoms with Crippen LogP contribution in [0.2, 0.25) is 0 Å². The molecule has 1 aromatic heterocycles. The smallest absolute Gasteiger partial charge is 0.404 e. The number of carbonyl (C=O) groups is 1. The van der Waals surface area contributed by atoms with Gasteiger partial charge in [-0.3, -0.25) is 0 Å². The van der Waals surface area contributed by atoms with Gasteiger partial charge in [0, 0.05) is 19.6 Å². The first-order valence-electron chi connectivity index (χ1n) is 6.72. The zero-order valence-corrected chi connectivity index (χ0v) is 13.7. The first kappa shape index (κ1) is 15.8. The molecule has 0 bridgehead atoms. The SMILES string of the molecule is COc1nc(N2CCC(C)(CNC(=O)O)CC2)ncc1Br. The van der Waals surface area contributed by atoms with E-state index in [4.69, 9.17) is 9.84 Å². The van der Waals surface area contributed by atoms with Crippen molar-refractivity contribution in [1.82, 2.24) is 15.3 Å². The van der Waals surface area contributed by atoms with Crippen LogP contribution in [0, 0.1) is 5.41 Å². The molecule has 0 saturated carbocycles. The molecule has 21 heavy (non-hydrogen) atoms. The number of rotatable bonds is 4. The van der Waals surface area contributed by atoms with Crippen molar-refractivity contribution in [2.45, 2.75) is 19.8 Å². The highest BCUT2D eigenvalue weighted by molar-refractivity contribution is 9.10. The maximum Gasteiger partial charge on any atom is 0.404 e. The molecule has 0 radical (unpaired) electrons. The van der Waals surface area contributed by atoms with E-state index in [1.807, 2.05) is 0 Å². The summed E-state index contributed by atoms with van der Waals surface area (Å²) in [7, 11) is 1.57. The fraction of sp³-hybridized carbons (Fsp3) is 0.615. The number of amides is 1. The van der Waals surface area contributed by atoms with Crippen LogP contribution in [0.3, 0.4) is 0 Å². The first-order valence-corrected chi connectivity index (χ1v) is 7.51. The van der Waals surface area contributed by atoms with Crippen LogP contribution >= 0.6 is 15.9 Å². The first-order chi connectivity index (χ1) is 9.93. The third-order valence-electron chi connectivity index (χ3n) is 3.81. The Morgan fingerprint density at radius 1 is 1.57 bits per heavy atom. The Hall–Kier alpha value is -1.57. The lowest BCUT2D eigenvalue weighted by molar-refractivity contribution is 0.178. The third-order valence-corrected chi connectivity index (χ3v) is 4.36. The number of piperidine rings is 1. The van der Waals surface area contributed by atoms with Gasteiger partial charge < -0.3 is 20.1 Å². The van der Waals surface area contributed by atoms with E-state index in [2.05, 4.69) is 43.0 Å². The second kappa shape index (κ2) is 6.46. The lowest BCUT2D eigenvalue weighted by atomic mass is 9.80. The van der Waals surface area contributed by atoms with Gasteiger partial charge in [-0.2, -0.15) is 4.98 Å². The average molecular weight is 359 g/mol. The van der Waals surface area contributed by atoms with E-state index in [-0.39, 0.29) is 5.41 Å². The minimum Gasteiger partial charge on any atom is -0.480 e. The van der Waals surface area contributed by atoms with Gasteiger partial charge in [0.2, 0.25) is 11.8 Å². The van der Waals surface area contributed by atoms with E-state index in [1.165, 1.54) is 0 Å². The molecular formula is C13H19BrN4O3. The number of halogens is 1. The van der Waals surface area contributed by atoms with Crippen LogP contribution in [0.25, 0.3) is 0 Å². The monoisotopic (exact) mass is 358 g/mol. The number of ether oxygens (including phenoxy) is 1. The van der Waals surface area contributed by atoms with Crippen molar-refractivity contribution in [3.8, 4) is 5.88 Å². The summed E-state index contributed by atoms with van der Waals surface area (Å²) in [5, 5.41) is 11.2. The number of aromatic nitrogens is 2. The van der Waals surface area contributed by atoms with Crippen molar-refractivity contribution >= 4 is 28.0 Å². The van der Waals surface area contributed by atoms with E-state index in [0.717, 1.165) is 30.4 Å². The van der Waals surface area contributed by atoms with E-state index >= 15 is 0 Å². The van der Waals surface area contributed by atoms with E-state index < -0.39 is 6.09 Å². The molecule has 1 aliphatic heterocycles. The summed E-state index contributed by atoms with van der Waals surface area (Å²) in [4.78, 5) is 21.4.